The van der Waals surface area contributed by atoms with E-state index in [0.717, 1.165) is 11.3 Å². The molecule has 7 heteroatoms. The summed E-state index contributed by atoms with van der Waals surface area (Å²) >= 11 is 1.16. The Morgan fingerprint density at radius 3 is 2.80 bits per heavy atom. The van der Waals surface area contributed by atoms with Crippen molar-refractivity contribution in [2.24, 2.45) is 0 Å². The maximum absolute atomic E-state index is 10.3. The standard InChI is InChI=1S/C3H3ClN2O2S2/c4-10(7,8)6-3-1-5-2-9-3/h1-2,6H. The molecule has 1 rings (SSSR count). The Morgan fingerprint density at radius 2 is 2.40 bits per heavy atom. The van der Waals surface area contributed by atoms with E-state index in [0.29, 0.717) is 5.00 Å². The SMILES string of the molecule is O=S(=O)(Cl)Nc1cncs1. The van der Waals surface area contributed by atoms with Crippen LogP contribution < -0.4 is 4.72 Å². The van der Waals surface area contributed by atoms with Crippen molar-refractivity contribution in [1.29, 1.82) is 0 Å². The van der Waals surface area contributed by atoms with Crippen LogP contribution >= 0.6 is 22.0 Å². The molecule has 0 saturated carbocycles. The third-order valence-corrected chi connectivity index (χ3v) is 2.17. The molecule has 1 aromatic rings. The summed E-state index contributed by atoms with van der Waals surface area (Å²) in [6, 6.07) is 0. The van der Waals surface area contributed by atoms with Crippen LogP contribution in [0.25, 0.3) is 0 Å². The van der Waals surface area contributed by atoms with Gasteiger partial charge in [0.2, 0.25) is 0 Å². The summed E-state index contributed by atoms with van der Waals surface area (Å²) in [5.41, 5.74) is 1.50. The lowest BCUT2D eigenvalue weighted by atomic mass is 10.9. The van der Waals surface area contributed by atoms with Crippen molar-refractivity contribution in [1.82, 2.24) is 4.98 Å². The summed E-state index contributed by atoms with van der Waals surface area (Å²) in [4.78, 5) is 3.64. The third-order valence-electron chi connectivity index (χ3n) is 0.655. The van der Waals surface area contributed by atoms with Gasteiger partial charge in [-0.3, -0.25) is 9.71 Å². The van der Waals surface area contributed by atoms with E-state index in [4.69, 9.17) is 10.7 Å². The van der Waals surface area contributed by atoms with Crippen molar-refractivity contribution in [2.75, 3.05) is 4.72 Å². The van der Waals surface area contributed by atoms with E-state index in [1.165, 1.54) is 11.7 Å². The molecule has 0 radical (unpaired) electrons. The molecule has 0 aromatic carbocycles. The number of halogens is 1. The first-order valence-electron chi connectivity index (χ1n) is 2.19. The van der Waals surface area contributed by atoms with E-state index in [9.17, 15) is 8.42 Å². The Bertz CT molecular complexity index is 292. The van der Waals surface area contributed by atoms with Crippen LogP contribution in [0.2, 0.25) is 0 Å². The van der Waals surface area contributed by atoms with Gasteiger partial charge in [0.1, 0.15) is 5.00 Å². The molecule has 56 valence electrons. The molecule has 10 heavy (non-hydrogen) atoms. The van der Waals surface area contributed by atoms with Crippen molar-refractivity contribution in [3.05, 3.63) is 11.7 Å². The topological polar surface area (TPSA) is 59.1 Å². The minimum absolute atomic E-state index is 0.412. The molecule has 0 saturated heterocycles. The van der Waals surface area contributed by atoms with Crippen molar-refractivity contribution in [3.8, 4) is 0 Å². The number of nitrogens with one attached hydrogen (secondary N) is 1. The molecule has 0 aliphatic rings. The average molecular weight is 199 g/mol. The number of hydrogen-bond donors (Lipinski definition) is 1. The highest BCUT2D eigenvalue weighted by atomic mass is 35.7. The number of rotatable bonds is 2. The Labute approximate surface area is 66.4 Å². The van der Waals surface area contributed by atoms with Crippen LogP contribution in [0, 0.1) is 0 Å². The molecule has 0 bridgehead atoms. The van der Waals surface area contributed by atoms with Gasteiger partial charge in [-0.2, -0.15) is 8.42 Å². The van der Waals surface area contributed by atoms with Gasteiger partial charge in [-0.15, -0.1) is 11.3 Å². The highest BCUT2D eigenvalue weighted by Gasteiger charge is 2.03. The fourth-order valence-corrected chi connectivity index (χ4v) is 1.94. The zero-order valence-corrected chi connectivity index (χ0v) is 7.00. The van der Waals surface area contributed by atoms with E-state index >= 15 is 0 Å². The molecule has 0 aliphatic heterocycles. The molecule has 0 amide bonds. The van der Waals surface area contributed by atoms with Gasteiger partial charge in [0, 0.05) is 10.7 Å². The first kappa shape index (κ1) is 7.77. The second-order valence-corrected chi connectivity index (χ2v) is 4.59. The minimum atomic E-state index is -3.65. The van der Waals surface area contributed by atoms with E-state index in [1.54, 1.807) is 0 Å². The molecule has 1 N–H and O–H groups in total. The Balaban J connectivity index is 2.75. The molecule has 0 atom stereocenters. The van der Waals surface area contributed by atoms with Crippen molar-refractivity contribution in [3.63, 3.8) is 0 Å². The van der Waals surface area contributed by atoms with Crippen molar-refractivity contribution < 1.29 is 8.42 Å². The third kappa shape index (κ3) is 2.51. The summed E-state index contributed by atoms with van der Waals surface area (Å²) in [7, 11) is 1.21. The van der Waals surface area contributed by atoms with Gasteiger partial charge in [0.25, 0.3) is 0 Å². The smallest absolute Gasteiger partial charge is 0.260 e. The number of aromatic nitrogens is 1. The average Bonchev–Trinajstić information content (AvgIpc) is 2.12. The number of nitrogens with zero attached hydrogens (tertiary/aromatic N) is 1. The zero-order chi connectivity index (χ0) is 7.61. The van der Waals surface area contributed by atoms with Gasteiger partial charge in [0.05, 0.1) is 11.7 Å². The number of anilines is 1. The Kier molecular flexibility index (Phi) is 2.12. The van der Waals surface area contributed by atoms with Crippen LogP contribution in [-0.2, 0) is 9.24 Å². The summed E-state index contributed by atoms with van der Waals surface area (Å²) < 4.78 is 22.7. The molecular formula is C3H3ClN2O2S2. The van der Waals surface area contributed by atoms with Gasteiger partial charge >= 0.3 is 9.24 Å². The van der Waals surface area contributed by atoms with Crippen LogP contribution in [0.3, 0.4) is 0 Å². The lowest BCUT2D eigenvalue weighted by Crippen LogP contribution is -2.01. The second kappa shape index (κ2) is 2.73. The van der Waals surface area contributed by atoms with Gasteiger partial charge in [-0.25, -0.2) is 0 Å². The van der Waals surface area contributed by atoms with Crippen LogP contribution in [0.5, 0.6) is 0 Å². The summed E-state index contributed by atoms with van der Waals surface area (Å²) in [5, 5.41) is 0.412. The van der Waals surface area contributed by atoms with E-state index < -0.39 is 9.24 Å². The van der Waals surface area contributed by atoms with Gasteiger partial charge in [-0.05, 0) is 0 Å². The highest BCUT2D eigenvalue weighted by Crippen LogP contribution is 2.15. The van der Waals surface area contributed by atoms with Crippen molar-refractivity contribution in [2.45, 2.75) is 0 Å². The van der Waals surface area contributed by atoms with Crippen LogP contribution in [0.4, 0.5) is 5.00 Å². The first-order chi connectivity index (χ1) is 4.58. The summed E-state index contributed by atoms with van der Waals surface area (Å²) in [6.45, 7) is 0. The first-order valence-corrected chi connectivity index (χ1v) is 5.38. The minimum Gasteiger partial charge on any atom is -0.260 e. The maximum atomic E-state index is 10.3. The van der Waals surface area contributed by atoms with Gasteiger partial charge in [-0.1, -0.05) is 0 Å². The normalized spacial score (nSPS) is 11.3. The maximum Gasteiger partial charge on any atom is 0.319 e. The molecular weight excluding hydrogens is 196 g/mol. The van der Waals surface area contributed by atoms with Crippen LogP contribution in [-0.4, -0.2) is 13.4 Å². The predicted octanol–water partition coefficient (Wildman–Crippen LogP) is 1.04. The fraction of sp³-hybridized carbons (Fsp3) is 0. The summed E-state index contributed by atoms with van der Waals surface area (Å²) in [6.07, 6.45) is 1.38. The second-order valence-electron chi connectivity index (χ2n) is 1.41. The largest absolute Gasteiger partial charge is 0.319 e. The quantitative estimate of drug-likeness (QED) is 0.723. The fourth-order valence-electron chi connectivity index (χ4n) is 0.386. The van der Waals surface area contributed by atoms with Crippen LogP contribution in [0.15, 0.2) is 11.7 Å². The number of thiazole rings is 1. The van der Waals surface area contributed by atoms with E-state index in [2.05, 4.69) is 9.71 Å². The predicted molar refractivity (Wildman–Crippen MR) is 40.5 cm³/mol. The van der Waals surface area contributed by atoms with Crippen LogP contribution in [0.1, 0.15) is 0 Å². The zero-order valence-electron chi connectivity index (χ0n) is 4.61. The van der Waals surface area contributed by atoms with E-state index in [1.807, 2.05) is 0 Å². The molecule has 0 aliphatic carbocycles. The molecule has 0 fully saturated rings. The molecule has 1 aromatic heterocycles. The lowest BCUT2D eigenvalue weighted by molar-refractivity contribution is 0.614. The summed E-state index contributed by atoms with van der Waals surface area (Å²) in [5.74, 6) is 0. The molecule has 1 heterocycles. The lowest BCUT2D eigenvalue weighted by Gasteiger charge is -1.92. The number of hydrogen-bond acceptors (Lipinski definition) is 4. The van der Waals surface area contributed by atoms with E-state index in [-0.39, 0.29) is 0 Å². The van der Waals surface area contributed by atoms with Crippen molar-refractivity contribution >= 4 is 36.3 Å². The highest BCUT2D eigenvalue weighted by molar-refractivity contribution is 8.14. The monoisotopic (exact) mass is 198 g/mol. The Hall–Kier alpha value is -0.330. The Morgan fingerprint density at radius 1 is 1.70 bits per heavy atom. The molecule has 4 nitrogen and oxygen atoms in total. The molecule has 0 spiro atoms. The van der Waals surface area contributed by atoms with Gasteiger partial charge in [0.15, 0.2) is 0 Å². The molecule has 0 unspecified atom stereocenters. The van der Waals surface area contributed by atoms with Gasteiger partial charge < -0.3 is 0 Å².